The van der Waals surface area contributed by atoms with Crippen LogP contribution in [0.1, 0.15) is 43.9 Å². The Morgan fingerprint density at radius 2 is 1.56 bits per heavy atom. The number of ether oxygens (including phenoxy) is 2. The van der Waals surface area contributed by atoms with Crippen LogP contribution in [0.15, 0.2) is 48.5 Å². The standard InChI is InChI=1S/C27H37N3O4/c1-27(2,3)34-20-23-7-5-6-22(18-23)19-28-26(32)30-16-14-29(15-17-30)25(31)13-10-21-8-11-24(33-4)12-9-21/h5-9,11-12,18H,10,13-17,19-20H2,1-4H3,(H,28,32). The second-order valence-electron chi connectivity index (χ2n) is 9.60. The quantitative estimate of drug-likeness (QED) is 0.637. The van der Waals surface area contributed by atoms with E-state index in [0.29, 0.717) is 52.2 Å². The molecule has 2 aromatic rings. The average Bonchev–Trinajstić information content (AvgIpc) is 2.85. The number of aryl methyl sites for hydroxylation is 1. The molecule has 1 saturated heterocycles. The third-order valence-electron chi connectivity index (χ3n) is 5.81. The molecule has 0 aliphatic carbocycles. The van der Waals surface area contributed by atoms with Gasteiger partial charge in [0.15, 0.2) is 0 Å². The zero-order valence-corrected chi connectivity index (χ0v) is 20.8. The van der Waals surface area contributed by atoms with Gasteiger partial charge in [-0.2, -0.15) is 0 Å². The van der Waals surface area contributed by atoms with E-state index in [9.17, 15) is 9.59 Å². The number of carbonyl (C=O) groups excluding carboxylic acids is 2. The van der Waals surface area contributed by atoms with Gasteiger partial charge in [0.25, 0.3) is 0 Å². The molecule has 7 nitrogen and oxygen atoms in total. The van der Waals surface area contributed by atoms with Gasteiger partial charge < -0.3 is 24.6 Å². The molecule has 0 saturated carbocycles. The number of rotatable bonds is 8. The molecular formula is C27H37N3O4. The van der Waals surface area contributed by atoms with Gasteiger partial charge in [0, 0.05) is 39.1 Å². The first kappa shape index (κ1) is 25.6. The van der Waals surface area contributed by atoms with Crippen molar-refractivity contribution in [2.75, 3.05) is 33.3 Å². The van der Waals surface area contributed by atoms with Crippen LogP contribution in [0.5, 0.6) is 5.75 Å². The SMILES string of the molecule is COc1ccc(CCC(=O)N2CCN(C(=O)NCc3cccc(COC(C)(C)C)c3)CC2)cc1. The van der Waals surface area contributed by atoms with Gasteiger partial charge in [0.05, 0.1) is 19.3 Å². The minimum atomic E-state index is -0.191. The summed E-state index contributed by atoms with van der Waals surface area (Å²) in [6.45, 7) is 9.31. The van der Waals surface area contributed by atoms with E-state index in [-0.39, 0.29) is 17.5 Å². The zero-order valence-electron chi connectivity index (χ0n) is 20.8. The van der Waals surface area contributed by atoms with E-state index >= 15 is 0 Å². The Morgan fingerprint density at radius 1 is 0.912 bits per heavy atom. The highest BCUT2D eigenvalue weighted by Crippen LogP contribution is 2.15. The largest absolute Gasteiger partial charge is 0.497 e. The van der Waals surface area contributed by atoms with Crippen LogP contribution in [0, 0.1) is 0 Å². The molecule has 1 N–H and O–H groups in total. The summed E-state index contributed by atoms with van der Waals surface area (Å²) in [5.74, 6) is 0.942. The first-order valence-electron chi connectivity index (χ1n) is 11.9. The van der Waals surface area contributed by atoms with Crippen molar-refractivity contribution in [1.82, 2.24) is 15.1 Å². The van der Waals surface area contributed by atoms with Crippen molar-refractivity contribution in [2.24, 2.45) is 0 Å². The molecule has 2 aromatic carbocycles. The lowest BCUT2D eigenvalue weighted by Crippen LogP contribution is -2.53. The predicted octanol–water partition coefficient (Wildman–Crippen LogP) is 4.00. The highest BCUT2D eigenvalue weighted by Gasteiger charge is 2.23. The Bertz CT molecular complexity index is 945. The number of hydrogen-bond donors (Lipinski definition) is 1. The lowest BCUT2D eigenvalue weighted by molar-refractivity contribution is -0.132. The Hall–Kier alpha value is -3.06. The predicted molar refractivity (Wildman–Crippen MR) is 133 cm³/mol. The number of hydrogen-bond acceptors (Lipinski definition) is 4. The van der Waals surface area contributed by atoms with Crippen LogP contribution in [0.3, 0.4) is 0 Å². The Kier molecular flexibility index (Phi) is 8.93. The molecule has 7 heteroatoms. The fraction of sp³-hybridized carbons (Fsp3) is 0.481. The highest BCUT2D eigenvalue weighted by atomic mass is 16.5. The summed E-state index contributed by atoms with van der Waals surface area (Å²) < 4.78 is 11.0. The molecule has 1 heterocycles. The Balaban J connectivity index is 1.39. The molecule has 1 aliphatic rings. The van der Waals surface area contributed by atoms with E-state index in [1.165, 1.54) is 0 Å². The molecule has 1 fully saturated rings. The number of piperazine rings is 1. The molecule has 3 amide bonds. The second-order valence-corrected chi connectivity index (χ2v) is 9.60. The van der Waals surface area contributed by atoms with Gasteiger partial charge in [-0.05, 0) is 56.0 Å². The molecule has 34 heavy (non-hydrogen) atoms. The summed E-state index contributed by atoms with van der Waals surface area (Å²) in [5.41, 5.74) is 3.05. The lowest BCUT2D eigenvalue weighted by atomic mass is 10.1. The Labute approximate surface area is 203 Å². The van der Waals surface area contributed by atoms with E-state index in [1.54, 1.807) is 12.0 Å². The summed E-state index contributed by atoms with van der Waals surface area (Å²) in [6.07, 6.45) is 1.16. The molecule has 0 unspecified atom stereocenters. The van der Waals surface area contributed by atoms with Gasteiger partial charge in [0.1, 0.15) is 5.75 Å². The van der Waals surface area contributed by atoms with Crippen LogP contribution in [-0.4, -0.2) is 60.6 Å². The fourth-order valence-corrected chi connectivity index (χ4v) is 3.78. The third-order valence-corrected chi connectivity index (χ3v) is 5.81. The first-order chi connectivity index (χ1) is 16.2. The number of methoxy groups -OCH3 is 1. The molecular weight excluding hydrogens is 430 g/mol. The van der Waals surface area contributed by atoms with E-state index in [0.717, 1.165) is 22.4 Å². The Morgan fingerprint density at radius 3 is 2.21 bits per heavy atom. The lowest BCUT2D eigenvalue weighted by Gasteiger charge is -2.34. The monoisotopic (exact) mass is 467 g/mol. The summed E-state index contributed by atoms with van der Waals surface area (Å²) in [4.78, 5) is 28.9. The average molecular weight is 468 g/mol. The molecule has 0 atom stereocenters. The smallest absolute Gasteiger partial charge is 0.317 e. The van der Waals surface area contributed by atoms with Gasteiger partial charge in [0.2, 0.25) is 5.91 Å². The van der Waals surface area contributed by atoms with Crippen molar-refractivity contribution in [2.45, 2.75) is 52.4 Å². The van der Waals surface area contributed by atoms with Gasteiger partial charge in [-0.1, -0.05) is 36.4 Å². The molecule has 0 aromatic heterocycles. The maximum Gasteiger partial charge on any atom is 0.317 e. The summed E-state index contributed by atoms with van der Waals surface area (Å²) >= 11 is 0. The van der Waals surface area contributed by atoms with Gasteiger partial charge in [-0.3, -0.25) is 4.79 Å². The van der Waals surface area contributed by atoms with Crippen LogP contribution in [0.2, 0.25) is 0 Å². The van der Waals surface area contributed by atoms with Crippen molar-refractivity contribution in [1.29, 1.82) is 0 Å². The molecule has 0 bridgehead atoms. The molecule has 1 aliphatic heterocycles. The minimum absolute atomic E-state index is 0.0957. The molecule has 184 valence electrons. The minimum Gasteiger partial charge on any atom is -0.497 e. The molecule has 0 spiro atoms. The van der Waals surface area contributed by atoms with Crippen molar-refractivity contribution in [3.8, 4) is 5.75 Å². The number of urea groups is 1. The summed E-state index contributed by atoms with van der Waals surface area (Å²) in [6, 6.07) is 15.8. The van der Waals surface area contributed by atoms with Crippen molar-refractivity contribution < 1.29 is 19.1 Å². The molecule has 0 radical (unpaired) electrons. The van der Waals surface area contributed by atoms with Crippen molar-refractivity contribution in [3.05, 3.63) is 65.2 Å². The van der Waals surface area contributed by atoms with Gasteiger partial charge >= 0.3 is 6.03 Å². The van der Waals surface area contributed by atoms with E-state index < -0.39 is 0 Å². The summed E-state index contributed by atoms with van der Waals surface area (Å²) in [5, 5.41) is 3.00. The maximum absolute atomic E-state index is 12.6. The van der Waals surface area contributed by atoms with E-state index in [2.05, 4.69) is 11.4 Å². The van der Waals surface area contributed by atoms with Crippen LogP contribution in [0.4, 0.5) is 4.79 Å². The zero-order chi connectivity index (χ0) is 24.6. The molecule has 3 rings (SSSR count). The third kappa shape index (κ3) is 8.06. The van der Waals surface area contributed by atoms with Gasteiger partial charge in [-0.15, -0.1) is 0 Å². The van der Waals surface area contributed by atoms with E-state index in [4.69, 9.17) is 9.47 Å². The topological polar surface area (TPSA) is 71.1 Å². The number of nitrogens with one attached hydrogen (secondary N) is 1. The normalized spacial score (nSPS) is 14.1. The van der Waals surface area contributed by atoms with E-state index in [1.807, 2.05) is 68.1 Å². The van der Waals surface area contributed by atoms with Crippen LogP contribution in [-0.2, 0) is 29.1 Å². The van der Waals surface area contributed by atoms with Crippen LogP contribution >= 0.6 is 0 Å². The van der Waals surface area contributed by atoms with Crippen LogP contribution in [0.25, 0.3) is 0 Å². The maximum atomic E-state index is 12.6. The first-order valence-corrected chi connectivity index (χ1v) is 11.9. The number of nitrogens with zero attached hydrogens (tertiary/aromatic N) is 2. The van der Waals surface area contributed by atoms with Crippen molar-refractivity contribution in [3.63, 3.8) is 0 Å². The van der Waals surface area contributed by atoms with Gasteiger partial charge in [-0.25, -0.2) is 4.79 Å². The number of amides is 3. The number of benzene rings is 2. The fourth-order valence-electron chi connectivity index (χ4n) is 3.78. The number of carbonyl (C=O) groups is 2. The second kappa shape index (κ2) is 11.9. The highest BCUT2D eigenvalue weighted by molar-refractivity contribution is 5.78. The van der Waals surface area contributed by atoms with Crippen molar-refractivity contribution >= 4 is 11.9 Å². The van der Waals surface area contributed by atoms with Crippen LogP contribution < -0.4 is 10.1 Å². The summed E-state index contributed by atoms with van der Waals surface area (Å²) in [7, 11) is 1.64.